The number of rotatable bonds is 5. The second-order valence-corrected chi connectivity index (χ2v) is 5.53. The molecule has 0 atom stereocenters. The van der Waals surface area contributed by atoms with E-state index in [-0.39, 0.29) is 0 Å². The van der Waals surface area contributed by atoms with Crippen molar-refractivity contribution in [2.45, 2.75) is 19.8 Å². The average Bonchev–Trinajstić information content (AvgIpc) is 2.46. The average molecular weight is 347 g/mol. The highest BCUT2D eigenvalue weighted by molar-refractivity contribution is 6.43. The Balaban J connectivity index is 2.42. The second-order valence-electron chi connectivity index (χ2n) is 4.30. The normalized spacial score (nSPS) is 10.5. The third-order valence-corrected chi connectivity index (χ3v) is 3.84. The third kappa shape index (κ3) is 3.70. The molecule has 0 radical (unpaired) electrons. The SMILES string of the molecule is CCCc1c(NC)ncnc1Oc1cc(Cl)c(Cl)cc1Cl. The quantitative estimate of drug-likeness (QED) is 0.754. The number of benzene rings is 1. The van der Waals surface area contributed by atoms with Crippen molar-refractivity contribution in [3.63, 3.8) is 0 Å². The van der Waals surface area contributed by atoms with E-state index in [1.807, 2.05) is 0 Å². The summed E-state index contributed by atoms with van der Waals surface area (Å²) in [5, 5.41) is 4.15. The third-order valence-electron chi connectivity index (χ3n) is 2.82. The molecular weight excluding hydrogens is 333 g/mol. The van der Waals surface area contributed by atoms with Gasteiger partial charge in [0, 0.05) is 13.1 Å². The van der Waals surface area contributed by atoms with E-state index in [1.165, 1.54) is 6.33 Å². The molecule has 2 aromatic rings. The zero-order chi connectivity index (χ0) is 15.4. The van der Waals surface area contributed by atoms with Crippen LogP contribution in [0.25, 0.3) is 0 Å². The molecule has 0 spiro atoms. The highest BCUT2D eigenvalue weighted by Gasteiger charge is 2.14. The lowest BCUT2D eigenvalue weighted by molar-refractivity contribution is 0.454. The zero-order valence-corrected chi connectivity index (χ0v) is 13.9. The number of hydrogen-bond donors (Lipinski definition) is 1. The number of hydrogen-bond acceptors (Lipinski definition) is 4. The maximum atomic E-state index is 6.13. The molecule has 1 N–H and O–H groups in total. The van der Waals surface area contributed by atoms with Crippen LogP contribution < -0.4 is 10.1 Å². The van der Waals surface area contributed by atoms with Gasteiger partial charge < -0.3 is 10.1 Å². The van der Waals surface area contributed by atoms with Crippen LogP contribution in [0.1, 0.15) is 18.9 Å². The van der Waals surface area contributed by atoms with E-state index in [4.69, 9.17) is 39.5 Å². The molecule has 112 valence electrons. The molecule has 0 saturated carbocycles. The molecule has 7 heteroatoms. The molecule has 0 unspecified atom stereocenters. The Kier molecular flexibility index (Phi) is 5.51. The van der Waals surface area contributed by atoms with Gasteiger partial charge in [-0.25, -0.2) is 9.97 Å². The fourth-order valence-corrected chi connectivity index (χ4v) is 2.44. The summed E-state index contributed by atoms with van der Waals surface area (Å²) in [4.78, 5) is 8.38. The first-order valence-electron chi connectivity index (χ1n) is 6.40. The number of halogens is 3. The number of aromatic nitrogens is 2. The molecule has 0 aliphatic carbocycles. The van der Waals surface area contributed by atoms with Gasteiger partial charge in [0.05, 0.1) is 20.6 Å². The standard InChI is InChI=1S/C14H14Cl3N3O/c1-3-4-8-13(18-2)19-7-20-14(8)21-12-6-10(16)9(15)5-11(12)17/h5-7H,3-4H2,1-2H3,(H,18,19,20). The fraction of sp³-hybridized carbons (Fsp3) is 0.286. The molecule has 0 amide bonds. The maximum Gasteiger partial charge on any atom is 0.227 e. The van der Waals surface area contributed by atoms with Crippen LogP contribution in [-0.4, -0.2) is 17.0 Å². The van der Waals surface area contributed by atoms with Crippen molar-refractivity contribution >= 4 is 40.6 Å². The van der Waals surface area contributed by atoms with Gasteiger partial charge in [0.2, 0.25) is 5.88 Å². The van der Waals surface area contributed by atoms with Crippen molar-refractivity contribution in [1.82, 2.24) is 9.97 Å². The molecule has 2 rings (SSSR count). The Bertz CT molecular complexity index is 650. The Morgan fingerprint density at radius 2 is 1.81 bits per heavy atom. The maximum absolute atomic E-state index is 6.13. The van der Waals surface area contributed by atoms with E-state index in [2.05, 4.69) is 22.2 Å². The molecule has 0 aliphatic heterocycles. The minimum absolute atomic E-state index is 0.371. The van der Waals surface area contributed by atoms with Gasteiger partial charge in [-0.3, -0.25) is 0 Å². The number of nitrogens with zero attached hydrogens (tertiary/aromatic N) is 2. The summed E-state index contributed by atoms with van der Waals surface area (Å²) < 4.78 is 5.81. The highest BCUT2D eigenvalue weighted by Crippen LogP contribution is 2.37. The summed E-state index contributed by atoms with van der Waals surface area (Å²) >= 11 is 18.0. The van der Waals surface area contributed by atoms with Gasteiger partial charge in [0.25, 0.3) is 0 Å². The van der Waals surface area contributed by atoms with Gasteiger partial charge in [-0.2, -0.15) is 0 Å². The molecule has 1 aromatic carbocycles. The minimum Gasteiger partial charge on any atom is -0.437 e. The van der Waals surface area contributed by atoms with E-state index in [1.54, 1.807) is 19.2 Å². The van der Waals surface area contributed by atoms with Crippen molar-refractivity contribution in [3.8, 4) is 11.6 Å². The van der Waals surface area contributed by atoms with Gasteiger partial charge in [0.15, 0.2) is 0 Å². The predicted molar refractivity (Wildman–Crippen MR) is 87.1 cm³/mol. The molecule has 0 saturated heterocycles. The van der Waals surface area contributed by atoms with E-state index in [9.17, 15) is 0 Å². The van der Waals surface area contributed by atoms with Crippen molar-refractivity contribution < 1.29 is 4.74 Å². The Morgan fingerprint density at radius 1 is 1.10 bits per heavy atom. The van der Waals surface area contributed by atoms with E-state index >= 15 is 0 Å². The predicted octanol–water partition coefficient (Wildman–Crippen LogP) is 5.22. The number of anilines is 1. The highest BCUT2D eigenvalue weighted by atomic mass is 35.5. The molecule has 0 bridgehead atoms. The first-order valence-corrected chi connectivity index (χ1v) is 7.54. The van der Waals surface area contributed by atoms with Crippen LogP contribution in [0.4, 0.5) is 5.82 Å². The lowest BCUT2D eigenvalue weighted by Gasteiger charge is -2.13. The van der Waals surface area contributed by atoms with Crippen molar-refractivity contribution in [3.05, 3.63) is 39.1 Å². The second kappa shape index (κ2) is 7.16. The van der Waals surface area contributed by atoms with Crippen LogP contribution in [-0.2, 0) is 6.42 Å². The first-order chi connectivity index (χ1) is 10.1. The first kappa shape index (κ1) is 16.1. The Morgan fingerprint density at radius 3 is 2.48 bits per heavy atom. The van der Waals surface area contributed by atoms with Gasteiger partial charge in [0.1, 0.15) is 17.9 Å². The van der Waals surface area contributed by atoms with Gasteiger partial charge >= 0.3 is 0 Å². The minimum atomic E-state index is 0.371. The van der Waals surface area contributed by atoms with Gasteiger partial charge in [-0.05, 0) is 12.5 Å². The van der Waals surface area contributed by atoms with Crippen molar-refractivity contribution in [1.29, 1.82) is 0 Å². The monoisotopic (exact) mass is 345 g/mol. The van der Waals surface area contributed by atoms with Crippen molar-refractivity contribution in [2.24, 2.45) is 0 Å². The van der Waals surface area contributed by atoms with Gasteiger partial charge in [-0.1, -0.05) is 48.1 Å². The van der Waals surface area contributed by atoms with Crippen molar-refractivity contribution in [2.75, 3.05) is 12.4 Å². The Labute approximate surface area is 138 Å². The summed E-state index contributed by atoms with van der Waals surface area (Å²) in [6.07, 6.45) is 3.16. The molecule has 0 aliphatic rings. The van der Waals surface area contributed by atoms with Crippen LogP contribution in [0.5, 0.6) is 11.6 Å². The van der Waals surface area contributed by atoms with Crippen LogP contribution >= 0.6 is 34.8 Å². The number of nitrogens with one attached hydrogen (secondary N) is 1. The molecule has 4 nitrogen and oxygen atoms in total. The van der Waals surface area contributed by atoms with Crippen LogP contribution in [0.3, 0.4) is 0 Å². The summed E-state index contributed by atoms with van der Waals surface area (Å²) in [7, 11) is 1.80. The molecule has 1 aromatic heterocycles. The summed E-state index contributed by atoms with van der Waals surface area (Å²) in [6.45, 7) is 2.07. The molecule has 1 heterocycles. The molecular formula is C14H14Cl3N3O. The van der Waals surface area contributed by atoms with E-state index in [0.29, 0.717) is 26.7 Å². The molecule has 0 fully saturated rings. The number of ether oxygens (including phenoxy) is 1. The van der Waals surface area contributed by atoms with Crippen LogP contribution in [0, 0.1) is 0 Å². The topological polar surface area (TPSA) is 47.0 Å². The summed E-state index contributed by atoms with van der Waals surface area (Å²) in [5.41, 5.74) is 0.893. The van der Waals surface area contributed by atoms with Gasteiger partial charge in [-0.15, -0.1) is 0 Å². The summed E-state index contributed by atoms with van der Waals surface area (Å²) in [6, 6.07) is 3.11. The van der Waals surface area contributed by atoms with Crippen LogP contribution in [0.15, 0.2) is 18.5 Å². The van der Waals surface area contributed by atoms with E-state index in [0.717, 1.165) is 24.2 Å². The largest absolute Gasteiger partial charge is 0.437 e. The molecule has 21 heavy (non-hydrogen) atoms. The zero-order valence-electron chi connectivity index (χ0n) is 11.6. The lowest BCUT2D eigenvalue weighted by atomic mass is 10.1. The lowest BCUT2D eigenvalue weighted by Crippen LogP contribution is -2.03. The fourth-order valence-electron chi connectivity index (χ4n) is 1.86. The van der Waals surface area contributed by atoms with Crippen LogP contribution in [0.2, 0.25) is 15.1 Å². The van der Waals surface area contributed by atoms with E-state index < -0.39 is 0 Å². The summed E-state index contributed by atoms with van der Waals surface area (Å²) in [5.74, 6) is 1.60. The Hall–Kier alpha value is -1.23. The smallest absolute Gasteiger partial charge is 0.227 e.